The van der Waals surface area contributed by atoms with Gasteiger partial charge in [0.25, 0.3) is 5.56 Å². The van der Waals surface area contributed by atoms with Crippen molar-refractivity contribution in [3.05, 3.63) is 140 Å². The first kappa shape index (κ1) is 84.2. The summed E-state index contributed by atoms with van der Waals surface area (Å²) >= 11 is 6.75. The number of fused-ring (bicyclic) bond motifs is 5. The van der Waals surface area contributed by atoms with Gasteiger partial charge in [-0.25, -0.2) is 28.2 Å². The Bertz CT molecular complexity index is 4590. The molecule has 0 spiro atoms. The summed E-state index contributed by atoms with van der Waals surface area (Å²) in [4.78, 5) is 180. The van der Waals surface area contributed by atoms with Crippen molar-refractivity contribution in [2.75, 3.05) is 131 Å². The third kappa shape index (κ3) is 23.1. The van der Waals surface area contributed by atoms with Crippen molar-refractivity contribution in [1.29, 1.82) is 0 Å². The number of ether oxygens (including phenoxy) is 4. The minimum Gasteiger partial charge on any atom is -0.461 e. The second-order valence-electron chi connectivity index (χ2n) is 26.8. The van der Waals surface area contributed by atoms with E-state index in [0.717, 1.165) is 28.3 Å². The predicted octanol–water partition coefficient (Wildman–Crippen LogP) is -0.950. The molecular formula is C75H90ClN15O19S. The standard InChI is InChI=1S/C75H90ClN15O19S/c1-6-29-108-66(99)42-88-23-21-87(22-24-89(43-67(100)109-30-7-2)26-28-90(27-25-88)65(98)39-79-59(92)18-14-10-13-17-49-34-81-74(82-35-49)111(5,105)106)41-63(96)78-36-60(93)77-38-62(95)85-57(31-48-15-11-9-12-16-48)71(101)80-37-61(94)83-46-107-45-64(97)84-55-20-19-50-47(4)54(76)33-56-68(50)69(55)51-40-91-58(70(51)86-56)32-53-52(72(91)102)44-110-73(103)75(53,104)8-3/h6-7,9,11-12,15-16,32-35,55,57,104H,1-2,8,10,14,18-31,36-46H2,3-5H3,(H,77,93)(H,78,96)(H,79,92)(H,80,101)(H,83,94)(H,84,97)(H,85,95)/t55-,57-,75-/m0/s1. The Morgan fingerprint density at radius 2 is 1.38 bits per heavy atom. The highest BCUT2D eigenvalue weighted by atomic mass is 35.5. The van der Waals surface area contributed by atoms with Crippen LogP contribution >= 0.6 is 11.6 Å². The lowest BCUT2D eigenvalue weighted by Gasteiger charge is -2.33. The second kappa shape index (κ2) is 39.7. The number of nitrogens with zero attached hydrogens (tertiary/aromatic N) is 8. The third-order valence-corrected chi connectivity index (χ3v) is 20.2. The van der Waals surface area contributed by atoms with Crippen LogP contribution in [0.25, 0.3) is 22.3 Å². The normalized spacial score (nSPS) is 16.7. The van der Waals surface area contributed by atoms with E-state index in [-0.39, 0.29) is 140 Å². The molecule has 0 radical (unpaired) electrons. The lowest BCUT2D eigenvalue weighted by Crippen LogP contribution is -2.52. The number of hydrogen-bond donors (Lipinski definition) is 8. The van der Waals surface area contributed by atoms with E-state index < -0.39 is 131 Å². The van der Waals surface area contributed by atoms with Gasteiger partial charge in [-0.15, -0.1) is 0 Å². The van der Waals surface area contributed by atoms with Gasteiger partial charge in [0.1, 0.15) is 39.2 Å². The first-order chi connectivity index (χ1) is 53.2. The van der Waals surface area contributed by atoms with Crippen LogP contribution in [0.3, 0.4) is 0 Å². The van der Waals surface area contributed by atoms with Crippen molar-refractivity contribution < 1.29 is 85.2 Å². The van der Waals surface area contributed by atoms with Gasteiger partial charge < -0.3 is 70.7 Å². The zero-order chi connectivity index (χ0) is 79.9. The van der Waals surface area contributed by atoms with E-state index in [9.17, 15) is 71.1 Å². The van der Waals surface area contributed by atoms with Crippen LogP contribution in [0.2, 0.25) is 5.02 Å². The summed E-state index contributed by atoms with van der Waals surface area (Å²) in [5.41, 5.74) is 3.40. The summed E-state index contributed by atoms with van der Waals surface area (Å²) in [5, 5.41) is 30.7. The number of pyridine rings is 2. The highest BCUT2D eigenvalue weighted by Gasteiger charge is 2.46. The molecule has 3 atom stereocenters. The van der Waals surface area contributed by atoms with E-state index >= 15 is 0 Å². The van der Waals surface area contributed by atoms with Crippen molar-refractivity contribution in [3.63, 3.8) is 0 Å². The number of aryl methyl sites for hydroxylation is 1. The quantitative estimate of drug-likeness (QED) is 0.00480. The summed E-state index contributed by atoms with van der Waals surface area (Å²) in [6.45, 7) is 7.70. The number of hydrogen-bond acceptors (Lipinski definition) is 25. The molecule has 0 saturated carbocycles. The van der Waals surface area contributed by atoms with Gasteiger partial charge in [-0.3, -0.25) is 67.4 Å². The monoisotopic (exact) mass is 1570 g/mol. The molecule has 1 fully saturated rings. The van der Waals surface area contributed by atoms with Gasteiger partial charge in [-0.2, -0.15) is 0 Å². The number of rotatable bonds is 32. The number of carbonyl (C=O) groups excluding carboxylic acids is 11. The number of carbonyl (C=O) groups is 11. The van der Waals surface area contributed by atoms with Crippen molar-refractivity contribution >= 4 is 97.5 Å². The predicted molar refractivity (Wildman–Crippen MR) is 401 cm³/mol. The number of unbranched alkanes of at least 4 members (excludes halogenated alkanes) is 1. The number of nitrogens with one attached hydrogen (secondary N) is 7. The molecule has 1 saturated heterocycles. The Labute approximate surface area is 645 Å². The highest BCUT2D eigenvalue weighted by Crippen LogP contribution is 2.46. The van der Waals surface area contributed by atoms with Crippen molar-refractivity contribution in [2.24, 2.45) is 0 Å². The molecule has 3 aromatic heterocycles. The summed E-state index contributed by atoms with van der Waals surface area (Å²) in [7, 11) is -3.58. The molecule has 1 aliphatic carbocycles. The summed E-state index contributed by atoms with van der Waals surface area (Å²) < 4.78 is 46.2. The maximum Gasteiger partial charge on any atom is 0.343 e. The molecular weight excluding hydrogens is 1480 g/mol. The molecule has 592 valence electrons. The molecule has 34 nitrogen and oxygen atoms in total. The molecule has 5 aromatic rings. The molecule has 9 rings (SSSR count). The Balaban J connectivity index is 0.736. The van der Waals surface area contributed by atoms with Crippen LogP contribution in [-0.4, -0.2) is 255 Å². The van der Waals surface area contributed by atoms with E-state index in [2.05, 4.69) is 72.2 Å². The molecule has 2 aromatic carbocycles. The molecule has 4 aliphatic rings. The van der Waals surface area contributed by atoms with Crippen molar-refractivity contribution in [3.8, 4) is 23.2 Å². The highest BCUT2D eigenvalue weighted by molar-refractivity contribution is 7.90. The first-order valence-electron chi connectivity index (χ1n) is 36.0. The zero-order valence-corrected chi connectivity index (χ0v) is 63.5. The number of aliphatic hydroxyl groups is 1. The Hall–Kier alpha value is -10.9. The van der Waals surface area contributed by atoms with Crippen LogP contribution in [0.1, 0.15) is 89.6 Å². The maximum atomic E-state index is 14.1. The van der Waals surface area contributed by atoms with Gasteiger partial charge in [0.15, 0.2) is 5.60 Å². The Morgan fingerprint density at radius 1 is 0.766 bits per heavy atom. The maximum absolute atomic E-state index is 14.1. The van der Waals surface area contributed by atoms with Gasteiger partial charge in [0.2, 0.25) is 62.3 Å². The smallest absolute Gasteiger partial charge is 0.343 e. The third-order valence-electron chi connectivity index (χ3n) is 18.9. The number of amides is 8. The van der Waals surface area contributed by atoms with E-state index in [0.29, 0.717) is 64.3 Å². The average molecular weight is 1570 g/mol. The summed E-state index contributed by atoms with van der Waals surface area (Å²) in [5.74, 6) is -1.31. The van der Waals surface area contributed by atoms with Crippen LogP contribution in [0.4, 0.5) is 0 Å². The summed E-state index contributed by atoms with van der Waals surface area (Å²) in [6.07, 6.45) is 7.97. The van der Waals surface area contributed by atoms with Crippen LogP contribution in [0.5, 0.6) is 0 Å². The lowest BCUT2D eigenvalue weighted by atomic mass is 9.81. The molecule has 3 aliphatic heterocycles. The van der Waals surface area contributed by atoms with Crippen LogP contribution in [0.15, 0.2) is 90.1 Å². The van der Waals surface area contributed by atoms with Crippen molar-refractivity contribution in [2.45, 2.75) is 94.8 Å². The number of cyclic esters (lactones) is 1. The zero-order valence-electron chi connectivity index (χ0n) is 61.9. The van der Waals surface area contributed by atoms with Gasteiger partial charge in [-0.05, 0) is 67.0 Å². The van der Waals surface area contributed by atoms with Gasteiger partial charge in [-0.1, -0.05) is 86.0 Å². The minimum atomic E-state index is -3.58. The summed E-state index contributed by atoms with van der Waals surface area (Å²) in [6, 6.07) is 10.2. The van der Waals surface area contributed by atoms with Gasteiger partial charge in [0, 0.05) is 112 Å². The number of benzene rings is 2. The van der Waals surface area contributed by atoms with Crippen LogP contribution < -0.4 is 42.8 Å². The molecule has 111 heavy (non-hydrogen) atoms. The molecule has 0 unspecified atom stereocenters. The lowest BCUT2D eigenvalue weighted by molar-refractivity contribution is -0.172. The van der Waals surface area contributed by atoms with E-state index in [4.69, 9.17) is 35.5 Å². The van der Waals surface area contributed by atoms with Gasteiger partial charge in [0.05, 0.1) is 86.4 Å². The Morgan fingerprint density at radius 3 is 2.03 bits per heavy atom. The molecule has 8 N–H and O–H groups in total. The first-order valence-corrected chi connectivity index (χ1v) is 38.3. The average Bonchev–Trinajstić information content (AvgIpc) is 1.27. The molecule has 36 heteroatoms. The number of halogens is 1. The number of sulfone groups is 1. The van der Waals surface area contributed by atoms with Crippen LogP contribution in [-0.2, 0) is 113 Å². The van der Waals surface area contributed by atoms with Crippen LogP contribution in [0, 0.1) is 18.8 Å². The minimum absolute atomic E-state index is 0.0237. The molecule has 8 amide bonds. The van der Waals surface area contributed by atoms with E-state index in [1.807, 2.05) is 6.92 Å². The second-order valence-corrected chi connectivity index (χ2v) is 29.1. The van der Waals surface area contributed by atoms with E-state index in [1.165, 1.54) is 34.0 Å². The SMILES string of the molecule is C=CCOC(=O)CN1CCN(CC(=O)NCC(=O)NCC(=O)N[C@@H](Cc2ccccc2)C(=O)NCC(=O)NCOCC(=O)N[C@H]2CCc3c(C)c(Cl)cc4nc5c(c2c34)Cn2c-5cc3c(c2=O)COC(=O)[C@]3(O)CC)CCN(CC(=O)OCC=C)CCN(C(=O)CNC(=O)CCCC#Cc2cnc(S(C)(=O)=O)nc2)CC1. The fourth-order valence-corrected chi connectivity index (χ4v) is 13.7. The largest absolute Gasteiger partial charge is 0.461 e. The van der Waals surface area contributed by atoms with Crippen molar-refractivity contribution in [1.82, 2.24) is 76.3 Å². The van der Waals surface area contributed by atoms with Gasteiger partial charge >= 0.3 is 17.9 Å². The molecule has 0 bridgehead atoms. The number of aromatic nitrogens is 4. The fraction of sp³-hybridized carbons (Fsp3) is 0.453. The number of esters is 3. The van der Waals surface area contributed by atoms with E-state index in [1.54, 1.807) is 64.1 Å². The molecule has 6 heterocycles. The topological polar surface area (TPSA) is 437 Å². The Kier molecular flexibility index (Phi) is 30.1. The fourth-order valence-electron chi connectivity index (χ4n) is 13.0.